The number of aryl methyl sites for hydroxylation is 1. The Bertz CT molecular complexity index is 1170. The molecule has 1 heterocycles. The molecule has 2 aromatic carbocycles. The molecule has 0 fully saturated rings. The summed E-state index contributed by atoms with van der Waals surface area (Å²) in [7, 11) is 5.32. The fraction of sp³-hybridized carbons (Fsp3) is 0.393. The van der Waals surface area contributed by atoms with Crippen LogP contribution in [0.25, 0.3) is 0 Å². The molecule has 0 aliphatic carbocycles. The number of anilines is 1. The van der Waals surface area contributed by atoms with E-state index in [0.29, 0.717) is 23.8 Å². The number of carbonyl (C=O) groups is 1. The molecule has 7 nitrogen and oxygen atoms in total. The minimum atomic E-state index is -0.0410. The van der Waals surface area contributed by atoms with Crippen LogP contribution in [-0.4, -0.2) is 50.2 Å². The smallest absolute Gasteiger partial charge is 0.251 e. The van der Waals surface area contributed by atoms with E-state index in [4.69, 9.17) is 14.5 Å². The van der Waals surface area contributed by atoms with Crippen LogP contribution in [0.15, 0.2) is 53.7 Å². The van der Waals surface area contributed by atoms with Gasteiger partial charge < -0.3 is 19.7 Å². The van der Waals surface area contributed by atoms with Gasteiger partial charge in [-0.3, -0.25) is 4.79 Å². The minimum absolute atomic E-state index is 0.0410. The summed E-state index contributed by atoms with van der Waals surface area (Å²) in [6.45, 7) is 7.60. The zero-order chi connectivity index (χ0) is 26.1. The Hall–Kier alpha value is -3.26. The first kappa shape index (κ1) is 27.3. The fourth-order valence-electron chi connectivity index (χ4n) is 3.58. The van der Waals surface area contributed by atoms with Crippen LogP contribution in [0.3, 0.4) is 0 Å². The molecule has 1 amide bonds. The van der Waals surface area contributed by atoms with Gasteiger partial charge in [0, 0.05) is 43.2 Å². The van der Waals surface area contributed by atoms with E-state index in [1.165, 1.54) is 0 Å². The zero-order valence-corrected chi connectivity index (χ0v) is 22.8. The molecule has 1 aromatic heterocycles. The summed E-state index contributed by atoms with van der Waals surface area (Å²) in [5.41, 5.74) is 3.82. The SMILES string of the molecule is COc1ccc(CCN(C)c2cc(C)nc(SCc3cccc(C(=O)NCC(C)C)c3)n2)cc1OC. The van der Waals surface area contributed by atoms with Crippen molar-refractivity contribution in [2.45, 2.75) is 38.1 Å². The summed E-state index contributed by atoms with van der Waals surface area (Å²) in [5.74, 6) is 3.40. The second kappa shape index (κ2) is 13.2. The molecule has 0 unspecified atom stereocenters. The topological polar surface area (TPSA) is 76.6 Å². The molecule has 192 valence electrons. The normalized spacial score (nSPS) is 10.9. The van der Waals surface area contributed by atoms with E-state index in [-0.39, 0.29) is 5.91 Å². The van der Waals surface area contributed by atoms with Crippen LogP contribution in [0.5, 0.6) is 11.5 Å². The quantitative estimate of drug-likeness (QED) is 0.267. The lowest BCUT2D eigenvalue weighted by Gasteiger charge is -2.19. The van der Waals surface area contributed by atoms with Gasteiger partial charge in [-0.2, -0.15) is 0 Å². The highest BCUT2D eigenvalue weighted by molar-refractivity contribution is 7.98. The van der Waals surface area contributed by atoms with Crippen LogP contribution in [0.4, 0.5) is 5.82 Å². The number of hydrogen-bond acceptors (Lipinski definition) is 7. The number of amides is 1. The van der Waals surface area contributed by atoms with Gasteiger partial charge in [0.25, 0.3) is 5.91 Å². The molecule has 3 aromatic rings. The van der Waals surface area contributed by atoms with Crippen LogP contribution in [0.2, 0.25) is 0 Å². The van der Waals surface area contributed by atoms with Crippen molar-refractivity contribution >= 4 is 23.5 Å². The predicted octanol–water partition coefficient (Wildman–Crippen LogP) is 5.16. The Balaban J connectivity index is 1.62. The van der Waals surface area contributed by atoms with Gasteiger partial charge in [-0.1, -0.05) is 43.8 Å². The number of carbonyl (C=O) groups excluding carboxylic acids is 1. The Labute approximate surface area is 218 Å². The summed E-state index contributed by atoms with van der Waals surface area (Å²) in [4.78, 5) is 23.9. The monoisotopic (exact) mass is 508 g/mol. The van der Waals surface area contributed by atoms with Crippen molar-refractivity contribution in [2.75, 3.05) is 39.3 Å². The number of aromatic nitrogens is 2. The molecule has 1 N–H and O–H groups in total. The largest absolute Gasteiger partial charge is 0.493 e. The summed E-state index contributed by atoms with van der Waals surface area (Å²) in [6.07, 6.45) is 0.841. The lowest BCUT2D eigenvalue weighted by molar-refractivity contribution is 0.0949. The highest BCUT2D eigenvalue weighted by Crippen LogP contribution is 2.28. The van der Waals surface area contributed by atoms with Gasteiger partial charge in [0.15, 0.2) is 16.7 Å². The molecule has 0 saturated carbocycles. The number of hydrogen-bond donors (Lipinski definition) is 1. The van der Waals surface area contributed by atoms with Crippen LogP contribution in [0.1, 0.15) is 41.0 Å². The predicted molar refractivity (Wildman–Crippen MR) is 146 cm³/mol. The first-order valence-electron chi connectivity index (χ1n) is 12.1. The molecule has 0 saturated heterocycles. The molecule has 0 atom stereocenters. The van der Waals surface area contributed by atoms with E-state index in [0.717, 1.165) is 52.3 Å². The van der Waals surface area contributed by atoms with Crippen LogP contribution in [0, 0.1) is 12.8 Å². The number of methoxy groups -OCH3 is 2. The lowest BCUT2D eigenvalue weighted by atomic mass is 10.1. The number of rotatable bonds is 12. The van der Waals surface area contributed by atoms with E-state index in [2.05, 4.69) is 35.1 Å². The number of thioether (sulfide) groups is 1. The van der Waals surface area contributed by atoms with Gasteiger partial charge in [-0.25, -0.2) is 9.97 Å². The van der Waals surface area contributed by atoms with Crippen molar-refractivity contribution < 1.29 is 14.3 Å². The van der Waals surface area contributed by atoms with Crippen molar-refractivity contribution in [3.05, 3.63) is 70.9 Å². The summed E-state index contributed by atoms with van der Waals surface area (Å²) >= 11 is 1.57. The van der Waals surface area contributed by atoms with Crippen molar-refractivity contribution in [1.82, 2.24) is 15.3 Å². The molecule has 0 spiro atoms. The third-order valence-corrected chi connectivity index (χ3v) is 6.54. The molecule has 0 aliphatic heterocycles. The van der Waals surface area contributed by atoms with Gasteiger partial charge in [0.2, 0.25) is 0 Å². The van der Waals surface area contributed by atoms with Crippen molar-refractivity contribution in [3.63, 3.8) is 0 Å². The van der Waals surface area contributed by atoms with Gasteiger partial charge >= 0.3 is 0 Å². The minimum Gasteiger partial charge on any atom is -0.493 e. The molecule has 36 heavy (non-hydrogen) atoms. The molecular formula is C28H36N4O3S. The van der Waals surface area contributed by atoms with Crippen molar-refractivity contribution in [3.8, 4) is 11.5 Å². The Morgan fingerprint density at radius 3 is 2.53 bits per heavy atom. The summed E-state index contributed by atoms with van der Waals surface area (Å²) in [5, 5.41) is 3.69. The number of nitrogens with zero attached hydrogens (tertiary/aromatic N) is 3. The highest BCUT2D eigenvalue weighted by atomic mass is 32.2. The zero-order valence-electron chi connectivity index (χ0n) is 22.0. The van der Waals surface area contributed by atoms with Crippen molar-refractivity contribution in [2.24, 2.45) is 5.92 Å². The maximum atomic E-state index is 12.4. The fourth-order valence-corrected chi connectivity index (χ4v) is 4.42. The van der Waals surface area contributed by atoms with E-state index >= 15 is 0 Å². The number of benzene rings is 2. The Morgan fingerprint density at radius 1 is 1.03 bits per heavy atom. The Morgan fingerprint density at radius 2 is 1.81 bits per heavy atom. The van der Waals surface area contributed by atoms with Gasteiger partial charge in [0.05, 0.1) is 14.2 Å². The Kier molecular flexibility index (Phi) is 9.99. The number of nitrogens with one attached hydrogen (secondary N) is 1. The van der Waals surface area contributed by atoms with Gasteiger partial charge in [-0.05, 0) is 54.7 Å². The van der Waals surface area contributed by atoms with E-state index < -0.39 is 0 Å². The standard InChI is InChI=1S/C28H36N4O3S/c1-19(2)17-29-27(33)23-9-7-8-22(15-23)18-36-28-30-20(3)14-26(31-28)32(4)13-12-21-10-11-24(34-5)25(16-21)35-6/h7-11,14-16,19H,12-13,17-18H2,1-6H3,(H,29,33). The molecule has 0 bridgehead atoms. The average molecular weight is 509 g/mol. The first-order valence-corrected chi connectivity index (χ1v) is 13.0. The maximum absolute atomic E-state index is 12.4. The van der Waals surface area contributed by atoms with Gasteiger partial charge in [-0.15, -0.1) is 0 Å². The average Bonchev–Trinajstić information content (AvgIpc) is 2.88. The van der Waals surface area contributed by atoms with Crippen LogP contribution < -0.4 is 19.7 Å². The molecule has 0 aliphatic rings. The van der Waals surface area contributed by atoms with E-state index in [1.807, 2.05) is 56.4 Å². The van der Waals surface area contributed by atoms with Gasteiger partial charge in [0.1, 0.15) is 5.82 Å². The first-order chi connectivity index (χ1) is 17.3. The molecule has 3 rings (SSSR count). The summed E-state index contributed by atoms with van der Waals surface area (Å²) < 4.78 is 10.8. The van der Waals surface area contributed by atoms with Crippen molar-refractivity contribution in [1.29, 1.82) is 0 Å². The molecule has 8 heteroatoms. The summed E-state index contributed by atoms with van der Waals surface area (Å²) in [6, 6.07) is 15.7. The maximum Gasteiger partial charge on any atom is 0.251 e. The third kappa shape index (κ3) is 7.88. The number of ether oxygens (including phenoxy) is 2. The second-order valence-corrected chi connectivity index (χ2v) is 10.0. The van der Waals surface area contributed by atoms with E-state index in [9.17, 15) is 4.79 Å². The highest BCUT2D eigenvalue weighted by Gasteiger charge is 2.11. The van der Waals surface area contributed by atoms with Crippen LogP contribution >= 0.6 is 11.8 Å². The molecule has 0 radical (unpaired) electrons. The third-order valence-electron chi connectivity index (χ3n) is 5.62. The molecular weight excluding hydrogens is 472 g/mol. The second-order valence-electron chi connectivity index (χ2n) is 9.10. The lowest BCUT2D eigenvalue weighted by Crippen LogP contribution is -2.27. The van der Waals surface area contributed by atoms with E-state index in [1.54, 1.807) is 26.0 Å². The van der Waals surface area contributed by atoms with Crippen LogP contribution in [-0.2, 0) is 12.2 Å². The number of likely N-dealkylation sites (N-methyl/N-ethyl adjacent to an activating group) is 1.